The Kier molecular flexibility index (Phi) is 8.78. The number of benzene rings is 1. The SMILES string of the molecule is C=C.O=C(NCc1ncc(F)cc1F)[C@H](CN1CCOCC1)N1Cc2cc(F)ccc2CC1=O.[HH]. The van der Waals surface area contributed by atoms with Crippen LogP contribution in [-0.4, -0.2) is 65.5 Å². The summed E-state index contributed by atoms with van der Waals surface area (Å²) in [4.78, 5) is 33.1. The predicted molar refractivity (Wildman–Crippen MR) is 121 cm³/mol. The van der Waals surface area contributed by atoms with E-state index in [1.165, 1.54) is 17.0 Å². The largest absolute Gasteiger partial charge is 0.379 e. The number of nitrogens with one attached hydrogen (secondary N) is 1. The number of aromatic nitrogens is 1. The lowest BCUT2D eigenvalue weighted by molar-refractivity contribution is -0.142. The molecule has 10 heteroatoms. The van der Waals surface area contributed by atoms with Crippen LogP contribution in [-0.2, 0) is 33.8 Å². The van der Waals surface area contributed by atoms with E-state index in [4.69, 9.17) is 4.74 Å². The first kappa shape index (κ1) is 25.4. The van der Waals surface area contributed by atoms with Crippen molar-refractivity contribution in [2.75, 3.05) is 32.8 Å². The summed E-state index contributed by atoms with van der Waals surface area (Å²) >= 11 is 0. The Bertz CT molecular complexity index is 1040. The molecule has 2 aromatic rings. The Labute approximate surface area is 197 Å². The van der Waals surface area contributed by atoms with Gasteiger partial charge in [-0.15, -0.1) is 13.2 Å². The Morgan fingerprint density at radius 3 is 2.59 bits per heavy atom. The average Bonchev–Trinajstić information content (AvgIpc) is 2.84. The Balaban J connectivity index is 0.00000140. The van der Waals surface area contributed by atoms with E-state index in [9.17, 15) is 22.8 Å². The average molecular weight is 479 g/mol. The molecule has 0 aliphatic carbocycles. The summed E-state index contributed by atoms with van der Waals surface area (Å²) in [6.45, 7) is 8.33. The minimum atomic E-state index is -0.875. The van der Waals surface area contributed by atoms with Crippen molar-refractivity contribution in [3.05, 3.63) is 77.9 Å². The lowest BCUT2D eigenvalue weighted by Gasteiger charge is -2.38. The molecular weight excluding hydrogens is 449 g/mol. The molecular formula is C24H29F3N4O3. The Morgan fingerprint density at radius 2 is 1.88 bits per heavy atom. The first-order chi connectivity index (χ1) is 16.4. The van der Waals surface area contributed by atoms with Crippen molar-refractivity contribution < 1.29 is 28.9 Å². The number of rotatable bonds is 6. The number of ether oxygens (including phenoxy) is 1. The highest BCUT2D eigenvalue weighted by molar-refractivity contribution is 5.89. The van der Waals surface area contributed by atoms with Gasteiger partial charge in [0.2, 0.25) is 11.8 Å². The quantitative estimate of drug-likeness (QED) is 0.646. The van der Waals surface area contributed by atoms with E-state index < -0.39 is 29.4 Å². The molecule has 1 N–H and O–H groups in total. The fourth-order valence-corrected chi connectivity index (χ4v) is 3.95. The maximum absolute atomic E-state index is 13.9. The number of halogens is 3. The van der Waals surface area contributed by atoms with Gasteiger partial charge in [0.05, 0.1) is 38.1 Å². The highest BCUT2D eigenvalue weighted by Gasteiger charge is 2.35. The molecule has 1 fully saturated rings. The van der Waals surface area contributed by atoms with Crippen LogP contribution >= 0.6 is 0 Å². The minimum absolute atomic E-state index is 0. The maximum atomic E-state index is 13.9. The van der Waals surface area contributed by atoms with Crippen LogP contribution in [0, 0.1) is 17.5 Å². The van der Waals surface area contributed by atoms with Gasteiger partial charge in [0.15, 0.2) is 0 Å². The summed E-state index contributed by atoms with van der Waals surface area (Å²) in [5, 5.41) is 2.61. The second-order valence-electron chi connectivity index (χ2n) is 7.84. The molecule has 0 radical (unpaired) electrons. The number of fused-ring (bicyclic) bond motifs is 1. The van der Waals surface area contributed by atoms with E-state index in [2.05, 4.69) is 23.5 Å². The first-order valence-corrected chi connectivity index (χ1v) is 10.8. The number of carbonyl (C=O) groups is 2. The van der Waals surface area contributed by atoms with Crippen molar-refractivity contribution >= 4 is 11.8 Å². The van der Waals surface area contributed by atoms with E-state index in [1.54, 1.807) is 6.07 Å². The zero-order chi connectivity index (χ0) is 24.7. The lowest BCUT2D eigenvalue weighted by Crippen LogP contribution is -2.57. The fraction of sp³-hybridized carbons (Fsp3) is 0.375. The predicted octanol–water partition coefficient (Wildman–Crippen LogP) is 2.45. The second kappa shape index (κ2) is 11.8. The van der Waals surface area contributed by atoms with Gasteiger partial charge in [0.1, 0.15) is 23.5 Å². The van der Waals surface area contributed by atoms with E-state index in [0.717, 1.165) is 11.8 Å². The molecule has 0 spiro atoms. The third-order valence-corrected chi connectivity index (χ3v) is 5.70. The van der Waals surface area contributed by atoms with Gasteiger partial charge < -0.3 is 15.0 Å². The number of morpholine rings is 1. The third kappa shape index (κ3) is 6.21. The molecule has 1 saturated heterocycles. The van der Waals surface area contributed by atoms with E-state index >= 15 is 0 Å². The van der Waals surface area contributed by atoms with Gasteiger partial charge in [-0.1, -0.05) is 6.07 Å². The molecule has 1 atom stereocenters. The molecule has 184 valence electrons. The van der Waals surface area contributed by atoms with Crippen LogP contribution in [0.15, 0.2) is 43.6 Å². The van der Waals surface area contributed by atoms with Crippen LogP contribution in [0.5, 0.6) is 0 Å². The highest BCUT2D eigenvalue weighted by Crippen LogP contribution is 2.23. The monoisotopic (exact) mass is 478 g/mol. The summed E-state index contributed by atoms with van der Waals surface area (Å²) in [6, 6.07) is 4.08. The molecule has 2 aliphatic rings. The van der Waals surface area contributed by atoms with Crippen molar-refractivity contribution in [1.29, 1.82) is 0 Å². The maximum Gasteiger partial charge on any atom is 0.244 e. The number of amides is 2. The summed E-state index contributed by atoms with van der Waals surface area (Å²) in [7, 11) is 0. The lowest BCUT2D eigenvalue weighted by atomic mass is 9.97. The zero-order valence-electron chi connectivity index (χ0n) is 18.7. The van der Waals surface area contributed by atoms with Crippen LogP contribution < -0.4 is 5.32 Å². The highest BCUT2D eigenvalue weighted by atomic mass is 19.1. The number of hydrogen-bond acceptors (Lipinski definition) is 5. The van der Waals surface area contributed by atoms with Crippen LogP contribution in [0.2, 0.25) is 0 Å². The summed E-state index contributed by atoms with van der Waals surface area (Å²) < 4.78 is 46.1. The van der Waals surface area contributed by atoms with Crippen LogP contribution in [0.25, 0.3) is 0 Å². The second-order valence-corrected chi connectivity index (χ2v) is 7.84. The molecule has 2 aliphatic heterocycles. The molecule has 7 nitrogen and oxygen atoms in total. The normalized spacial score (nSPS) is 16.8. The summed E-state index contributed by atoms with van der Waals surface area (Å²) in [5.41, 5.74) is 1.27. The van der Waals surface area contributed by atoms with Crippen LogP contribution in [0.3, 0.4) is 0 Å². The van der Waals surface area contributed by atoms with E-state index in [1.807, 2.05) is 4.90 Å². The molecule has 4 rings (SSSR count). The molecule has 1 aromatic carbocycles. The molecule has 3 heterocycles. The van der Waals surface area contributed by atoms with E-state index in [-0.39, 0.29) is 39.1 Å². The molecule has 1 aromatic heterocycles. The van der Waals surface area contributed by atoms with Gasteiger partial charge in [-0.25, -0.2) is 13.2 Å². The number of pyridine rings is 1. The Hall–Kier alpha value is -3.24. The smallest absolute Gasteiger partial charge is 0.244 e. The molecule has 2 amide bonds. The summed E-state index contributed by atoms with van der Waals surface area (Å²) in [6.07, 6.45) is 0.937. The molecule has 0 unspecified atom stereocenters. The first-order valence-electron chi connectivity index (χ1n) is 10.8. The summed E-state index contributed by atoms with van der Waals surface area (Å²) in [5.74, 6) is -2.83. The number of nitrogens with zero attached hydrogens (tertiary/aromatic N) is 3. The molecule has 34 heavy (non-hydrogen) atoms. The van der Waals surface area contributed by atoms with Gasteiger partial charge in [-0.05, 0) is 23.3 Å². The van der Waals surface area contributed by atoms with Crippen molar-refractivity contribution in [2.24, 2.45) is 0 Å². The molecule has 0 saturated carbocycles. The number of carbonyl (C=O) groups excluding carboxylic acids is 2. The standard InChI is InChI=1S/C22H23F3N4O3.C2H4.H2/c23-16-2-1-14-8-21(30)29(12-15(14)7-16)20(13-28-3-5-32-6-4-28)22(31)27-11-19-18(25)9-17(24)10-26-19;1-2;/h1-2,7,9-10,20H,3-6,8,11-13H2,(H,27,31);1-2H2;1H/t20-;;/m0../s1. The molecule has 0 bridgehead atoms. The minimum Gasteiger partial charge on any atom is -0.379 e. The third-order valence-electron chi connectivity index (χ3n) is 5.70. The van der Waals surface area contributed by atoms with Crippen molar-refractivity contribution in [3.8, 4) is 0 Å². The van der Waals surface area contributed by atoms with E-state index in [0.29, 0.717) is 37.9 Å². The van der Waals surface area contributed by atoms with Gasteiger partial charge in [-0.3, -0.25) is 19.5 Å². The van der Waals surface area contributed by atoms with Crippen molar-refractivity contribution in [1.82, 2.24) is 20.1 Å². The van der Waals surface area contributed by atoms with Crippen molar-refractivity contribution in [2.45, 2.75) is 25.6 Å². The van der Waals surface area contributed by atoms with Gasteiger partial charge in [0.25, 0.3) is 0 Å². The van der Waals surface area contributed by atoms with Gasteiger partial charge in [0, 0.05) is 33.7 Å². The number of hydrogen-bond donors (Lipinski definition) is 1. The van der Waals surface area contributed by atoms with Gasteiger partial charge in [-0.2, -0.15) is 0 Å². The Morgan fingerprint density at radius 1 is 1.15 bits per heavy atom. The van der Waals surface area contributed by atoms with Crippen LogP contribution in [0.4, 0.5) is 13.2 Å². The van der Waals surface area contributed by atoms with Gasteiger partial charge >= 0.3 is 0 Å². The zero-order valence-corrected chi connectivity index (χ0v) is 18.7. The fourth-order valence-electron chi connectivity index (χ4n) is 3.95. The van der Waals surface area contributed by atoms with Crippen molar-refractivity contribution in [3.63, 3.8) is 0 Å². The topological polar surface area (TPSA) is 74.8 Å². The van der Waals surface area contributed by atoms with Crippen LogP contribution in [0.1, 0.15) is 18.2 Å².